The molecule has 0 N–H and O–H groups in total. The molecule has 0 aromatic heterocycles. The van der Waals surface area contributed by atoms with Crippen molar-refractivity contribution in [2.75, 3.05) is 0 Å². The summed E-state index contributed by atoms with van der Waals surface area (Å²) in [6.07, 6.45) is 2.95. The molecule has 0 bridgehead atoms. The molecule has 2 nitrogen and oxygen atoms in total. The van der Waals surface area contributed by atoms with Gasteiger partial charge in [-0.2, -0.15) is 0 Å². The summed E-state index contributed by atoms with van der Waals surface area (Å²) in [6, 6.07) is 9.16. The molecule has 2 rings (SSSR count). The number of ether oxygens (including phenoxy) is 1. The highest BCUT2D eigenvalue weighted by atomic mass is 16.6. The van der Waals surface area contributed by atoms with E-state index in [4.69, 9.17) is 4.74 Å². The Morgan fingerprint density at radius 3 is 2.50 bits per heavy atom. The van der Waals surface area contributed by atoms with Crippen LogP contribution in [-0.2, 0) is 4.74 Å². The smallest absolute Gasteiger partial charge is 0.338 e. The Hall–Kier alpha value is -1.31. The third-order valence-electron chi connectivity index (χ3n) is 2.77. The van der Waals surface area contributed by atoms with Crippen LogP contribution in [0.15, 0.2) is 30.3 Å². The molecule has 0 amide bonds. The van der Waals surface area contributed by atoms with E-state index in [1.165, 1.54) is 0 Å². The fourth-order valence-electron chi connectivity index (χ4n) is 1.50. The van der Waals surface area contributed by atoms with Crippen LogP contribution in [0, 0.1) is 0 Å². The van der Waals surface area contributed by atoms with Gasteiger partial charge in [-0.05, 0) is 31.4 Å². The number of benzene rings is 1. The van der Waals surface area contributed by atoms with Gasteiger partial charge >= 0.3 is 5.97 Å². The lowest BCUT2D eigenvalue weighted by atomic mass is 10.2. The molecule has 0 radical (unpaired) electrons. The maximum Gasteiger partial charge on any atom is 0.338 e. The molecule has 14 heavy (non-hydrogen) atoms. The fourth-order valence-corrected chi connectivity index (χ4v) is 1.50. The van der Waals surface area contributed by atoms with Crippen molar-refractivity contribution < 1.29 is 9.53 Å². The Balaban J connectivity index is 2.03. The molecule has 0 atom stereocenters. The van der Waals surface area contributed by atoms with E-state index in [2.05, 4.69) is 6.92 Å². The zero-order valence-corrected chi connectivity index (χ0v) is 8.32. The third-order valence-corrected chi connectivity index (χ3v) is 2.77. The minimum Gasteiger partial charge on any atom is -0.455 e. The SMILES string of the molecule is CCC1(OC(=O)c2ccccc2)CC1. The first-order valence-corrected chi connectivity index (χ1v) is 5.04. The van der Waals surface area contributed by atoms with Gasteiger partial charge in [0, 0.05) is 0 Å². The maximum absolute atomic E-state index is 11.6. The van der Waals surface area contributed by atoms with E-state index in [9.17, 15) is 4.79 Å². The monoisotopic (exact) mass is 190 g/mol. The Bertz CT molecular complexity index is 325. The number of carbonyl (C=O) groups is 1. The summed E-state index contributed by atoms with van der Waals surface area (Å²) in [6.45, 7) is 2.06. The summed E-state index contributed by atoms with van der Waals surface area (Å²) >= 11 is 0. The van der Waals surface area contributed by atoms with Gasteiger partial charge in [0.15, 0.2) is 0 Å². The first-order valence-electron chi connectivity index (χ1n) is 5.04. The predicted molar refractivity (Wildman–Crippen MR) is 54.1 cm³/mol. The van der Waals surface area contributed by atoms with Gasteiger partial charge in [-0.1, -0.05) is 25.1 Å². The van der Waals surface area contributed by atoms with Gasteiger partial charge in [0.05, 0.1) is 5.56 Å². The molecule has 0 aliphatic heterocycles. The summed E-state index contributed by atoms with van der Waals surface area (Å²) in [4.78, 5) is 11.6. The summed E-state index contributed by atoms with van der Waals surface area (Å²) in [5.74, 6) is -0.190. The van der Waals surface area contributed by atoms with Gasteiger partial charge in [0.25, 0.3) is 0 Å². The fraction of sp³-hybridized carbons (Fsp3) is 0.417. The Kier molecular flexibility index (Phi) is 2.28. The lowest BCUT2D eigenvalue weighted by Gasteiger charge is -2.13. The van der Waals surface area contributed by atoms with E-state index in [1.807, 2.05) is 18.2 Å². The van der Waals surface area contributed by atoms with Crippen LogP contribution in [0.3, 0.4) is 0 Å². The number of hydrogen-bond donors (Lipinski definition) is 0. The molecule has 2 heteroatoms. The summed E-state index contributed by atoms with van der Waals surface area (Å²) < 4.78 is 5.45. The summed E-state index contributed by atoms with van der Waals surface area (Å²) in [5, 5.41) is 0. The molecular weight excluding hydrogens is 176 g/mol. The second-order valence-electron chi connectivity index (χ2n) is 3.79. The lowest BCUT2D eigenvalue weighted by Crippen LogP contribution is -2.18. The Morgan fingerprint density at radius 1 is 1.36 bits per heavy atom. The van der Waals surface area contributed by atoms with Crippen molar-refractivity contribution in [2.45, 2.75) is 31.8 Å². The van der Waals surface area contributed by atoms with E-state index < -0.39 is 0 Å². The Labute approximate surface area is 83.9 Å². The van der Waals surface area contributed by atoms with Crippen LogP contribution >= 0.6 is 0 Å². The van der Waals surface area contributed by atoms with Crippen LogP contribution in [0.25, 0.3) is 0 Å². The number of carbonyl (C=O) groups excluding carboxylic acids is 1. The maximum atomic E-state index is 11.6. The number of esters is 1. The van der Waals surface area contributed by atoms with Gasteiger partial charge in [0.1, 0.15) is 5.60 Å². The molecule has 1 aromatic rings. The lowest BCUT2D eigenvalue weighted by molar-refractivity contribution is 0.0216. The molecule has 1 aliphatic rings. The van der Waals surface area contributed by atoms with E-state index in [-0.39, 0.29) is 11.6 Å². The van der Waals surface area contributed by atoms with Crippen LogP contribution in [0.1, 0.15) is 36.5 Å². The minimum absolute atomic E-state index is 0.132. The first kappa shape index (κ1) is 9.25. The second kappa shape index (κ2) is 3.45. The van der Waals surface area contributed by atoms with Crippen LogP contribution < -0.4 is 0 Å². The van der Waals surface area contributed by atoms with Crippen molar-refractivity contribution in [2.24, 2.45) is 0 Å². The molecule has 1 saturated carbocycles. The van der Waals surface area contributed by atoms with Crippen LogP contribution in [0.2, 0.25) is 0 Å². The molecule has 74 valence electrons. The highest BCUT2D eigenvalue weighted by molar-refractivity contribution is 5.89. The van der Waals surface area contributed by atoms with E-state index in [0.29, 0.717) is 5.56 Å². The molecule has 1 fully saturated rings. The number of rotatable bonds is 3. The second-order valence-corrected chi connectivity index (χ2v) is 3.79. The first-order chi connectivity index (χ1) is 6.76. The van der Waals surface area contributed by atoms with E-state index in [0.717, 1.165) is 19.3 Å². The molecular formula is C12H14O2. The minimum atomic E-state index is -0.190. The van der Waals surface area contributed by atoms with Crippen molar-refractivity contribution in [1.82, 2.24) is 0 Å². The quantitative estimate of drug-likeness (QED) is 0.685. The molecule has 0 heterocycles. The summed E-state index contributed by atoms with van der Waals surface area (Å²) in [7, 11) is 0. The van der Waals surface area contributed by atoms with Gasteiger partial charge in [0.2, 0.25) is 0 Å². The highest BCUT2D eigenvalue weighted by Gasteiger charge is 2.45. The van der Waals surface area contributed by atoms with Crippen molar-refractivity contribution in [3.05, 3.63) is 35.9 Å². The zero-order valence-electron chi connectivity index (χ0n) is 8.32. The molecule has 1 aromatic carbocycles. The van der Waals surface area contributed by atoms with Crippen LogP contribution in [-0.4, -0.2) is 11.6 Å². The van der Waals surface area contributed by atoms with Gasteiger partial charge in [-0.15, -0.1) is 0 Å². The van der Waals surface area contributed by atoms with Gasteiger partial charge in [-0.3, -0.25) is 0 Å². The standard InChI is InChI=1S/C12H14O2/c1-2-12(8-9-12)14-11(13)10-6-4-3-5-7-10/h3-7H,2,8-9H2,1H3. The van der Waals surface area contributed by atoms with Gasteiger partial charge in [-0.25, -0.2) is 4.79 Å². The largest absolute Gasteiger partial charge is 0.455 e. The van der Waals surface area contributed by atoms with Crippen LogP contribution in [0.4, 0.5) is 0 Å². The highest BCUT2D eigenvalue weighted by Crippen LogP contribution is 2.42. The molecule has 0 saturated heterocycles. The molecule has 1 aliphatic carbocycles. The average molecular weight is 190 g/mol. The number of hydrogen-bond acceptors (Lipinski definition) is 2. The van der Waals surface area contributed by atoms with Gasteiger partial charge < -0.3 is 4.74 Å². The molecule has 0 unspecified atom stereocenters. The van der Waals surface area contributed by atoms with Crippen molar-refractivity contribution >= 4 is 5.97 Å². The molecule has 0 spiro atoms. The van der Waals surface area contributed by atoms with Crippen LogP contribution in [0.5, 0.6) is 0 Å². The van der Waals surface area contributed by atoms with Crippen molar-refractivity contribution in [3.8, 4) is 0 Å². The summed E-state index contributed by atoms with van der Waals surface area (Å²) in [5.41, 5.74) is 0.514. The van der Waals surface area contributed by atoms with E-state index >= 15 is 0 Å². The topological polar surface area (TPSA) is 26.3 Å². The van der Waals surface area contributed by atoms with Crippen molar-refractivity contribution in [1.29, 1.82) is 0 Å². The normalized spacial score (nSPS) is 17.5. The Morgan fingerprint density at radius 2 is 2.00 bits per heavy atom. The average Bonchev–Trinajstić information content (AvgIpc) is 3.00. The zero-order chi connectivity index (χ0) is 10.0. The van der Waals surface area contributed by atoms with Crippen molar-refractivity contribution in [3.63, 3.8) is 0 Å². The predicted octanol–water partition coefficient (Wildman–Crippen LogP) is 2.79. The third kappa shape index (κ3) is 1.79. The van der Waals surface area contributed by atoms with E-state index in [1.54, 1.807) is 12.1 Å².